The van der Waals surface area contributed by atoms with E-state index in [2.05, 4.69) is 0 Å². The number of nitrogens with zero attached hydrogens (tertiary/aromatic N) is 1. The summed E-state index contributed by atoms with van der Waals surface area (Å²) in [6.45, 7) is 1.98. The molecule has 1 aliphatic rings. The van der Waals surface area contributed by atoms with E-state index >= 15 is 0 Å². The molecule has 8 heteroatoms. The fourth-order valence-corrected chi connectivity index (χ4v) is 4.17. The lowest BCUT2D eigenvalue weighted by molar-refractivity contribution is 0.0974. The molecule has 1 unspecified atom stereocenters. The third kappa shape index (κ3) is 6.57. The molecule has 27 heavy (non-hydrogen) atoms. The third-order valence-electron chi connectivity index (χ3n) is 4.47. The summed E-state index contributed by atoms with van der Waals surface area (Å²) in [4.78, 5) is 0. The fraction of sp³-hybridized carbons (Fsp3) is 0.579. The number of aliphatic hydroxyl groups excluding tert-OH is 1. The Morgan fingerprint density at radius 3 is 2.74 bits per heavy atom. The highest BCUT2D eigenvalue weighted by Gasteiger charge is 2.28. The number of halogens is 1. The molecular weight excluding hydrogens is 373 g/mol. The minimum Gasteiger partial charge on any atom is -0.490 e. The van der Waals surface area contributed by atoms with Gasteiger partial charge in [0.15, 0.2) is 11.6 Å². The van der Waals surface area contributed by atoms with E-state index in [9.17, 15) is 12.8 Å². The molecule has 0 amide bonds. The molecular formula is C19H28FNO5S. The number of aliphatic hydroxyl groups is 1. The Bertz CT molecular complexity index is 734. The molecule has 1 aromatic carbocycles. The fourth-order valence-electron chi connectivity index (χ4n) is 2.64. The van der Waals surface area contributed by atoms with Gasteiger partial charge < -0.3 is 14.6 Å². The smallest absolute Gasteiger partial charge is 0.216 e. The Balaban J connectivity index is 2.15. The summed E-state index contributed by atoms with van der Waals surface area (Å²) in [7, 11) is -2.18. The van der Waals surface area contributed by atoms with E-state index in [-0.39, 0.29) is 31.3 Å². The highest BCUT2D eigenvalue weighted by atomic mass is 32.2. The van der Waals surface area contributed by atoms with Crippen molar-refractivity contribution < 1.29 is 27.4 Å². The zero-order valence-electron chi connectivity index (χ0n) is 15.8. The summed E-state index contributed by atoms with van der Waals surface area (Å²) in [5, 5.41) is 8.75. The summed E-state index contributed by atoms with van der Waals surface area (Å²) < 4.78 is 51.3. The van der Waals surface area contributed by atoms with Crippen molar-refractivity contribution in [3.63, 3.8) is 0 Å². The van der Waals surface area contributed by atoms with Gasteiger partial charge in [0, 0.05) is 13.2 Å². The van der Waals surface area contributed by atoms with Crippen molar-refractivity contribution in [2.75, 3.05) is 32.8 Å². The van der Waals surface area contributed by atoms with Gasteiger partial charge in [0.1, 0.15) is 6.73 Å². The van der Waals surface area contributed by atoms with Crippen LogP contribution in [-0.4, -0.2) is 50.6 Å². The predicted molar refractivity (Wildman–Crippen MR) is 101 cm³/mol. The van der Waals surface area contributed by atoms with Crippen molar-refractivity contribution in [1.82, 2.24) is 4.31 Å². The van der Waals surface area contributed by atoms with Crippen LogP contribution in [0.1, 0.15) is 37.8 Å². The number of hydrogen-bond donors (Lipinski definition) is 1. The zero-order chi connectivity index (χ0) is 19.9. The van der Waals surface area contributed by atoms with Crippen molar-refractivity contribution in [1.29, 1.82) is 0 Å². The number of ether oxygens (including phenoxy) is 2. The molecule has 0 saturated heterocycles. The molecule has 0 heterocycles. The topological polar surface area (TPSA) is 76.1 Å². The van der Waals surface area contributed by atoms with Gasteiger partial charge in [-0.2, -0.15) is 4.31 Å². The molecule has 0 spiro atoms. The minimum atomic E-state index is -3.61. The number of hydrogen-bond acceptors (Lipinski definition) is 5. The van der Waals surface area contributed by atoms with E-state index in [4.69, 9.17) is 14.6 Å². The summed E-state index contributed by atoms with van der Waals surface area (Å²) in [6, 6.07) is 3.89. The van der Waals surface area contributed by atoms with E-state index in [1.807, 2.05) is 0 Å². The first kappa shape index (κ1) is 21.8. The van der Waals surface area contributed by atoms with E-state index in [0.29, 0.717) is 18.1 Å². The number of rotatable bonds is 12. The average molecular weight is 402 g/mol. The van der Waals surface area contributed by atoms with E-state index in [1.54, 1.807) is 25.1 Å². The van der Waals surface area contributed by atoms with Crippen LogP contribution >= 0.6 is 0 Å². The maximum atomic E-state index is 14.0. The van der Waals surface area contributed by atoms with Gasteiger partial charge in [-0.25, -0.2) is 12.8 Å². The minimum absolute atomic E-state index is 0.108. The van der Waals surface area contributed by atoms with E-state index < -0.39 is 21.9 Å². The van der Waals surface area contributed by atoms with Crippen LogP contribution in [-0.2, 0) is 14.8 Å². The first-order chi connectivity index (χ1) is 12.9. The van der Waals surface area contributed by atoms with Crippen molar-refractivity contribution in [2.45, 2.75) is 32.2 Å². The van der Waals surface area contributed by atoms with Gasteiger partial charge in [-0.05, 0) is 49.8 Å². The van der Waals surface area contributed by atoms with Gasteiger partial charge >= 0.3 is 0 Å². The Morgan fingerprint density at radius 1 is 1.37 bits per heavy atom. The predicted octanol–water partition coefficient (Wildman–Crippen LogP) is 2.85. The SMILES string of the molecule is COCN(C(C)c1ccc(F)c(OCC2CC2)c1)S(=O)(=O)CCC=CCO. The first-order valence-electron chi connectivity index (χ1n) is 9.05. The Morgan fingerprint density at radius 2 is 2.11 bits per heavy atom. The second kappa shape index (κ2) is 10.2. The molecule has 1 aromatic rings. The first-order valence-corrected chi connectivity index (χ1v) is 10.7. The lowest BCUT2D eigenvalue weighted by Gasteiger charge is -2.28. The standard InChI is InChI=1S/C19H28FNO5S/c1-15(21(14-25-2)27(23,24)11-5-3-4-10-22)17-8-9-18(20)19(12-17)26-13-16-6-7-16/h3-4,8-9,12,15-16,22H,5-7,10-11,13-14H2,1-2H3. The second-order valence-corrected chi connectivity index (χ2v) is 8.72. The van der Waals surface area contributed by atoms with Crippen molar-refractivity contribution in [2.24, 2.45) is 5.92 Å². The number of sulfonamides is 1. The zero-order valence-corrected chi connectivity index (χ0v) is 16.6. The molecule has 1 saturated carbocycles. The lowest BCUT2D eigenvalue weighted by Crippen LogP contribution is -2.36. The lowest BCUT2D eigenvalue weighted by atomic mass is 10.1. The van der Waals surface area contributed by atoms with Crippen LogP contribution < -0.4 is 4.74 Å². The summed E-state index contributed by atoms with van der Waals surface area (Å²) in [5.41, 5.74) is 0.633. The van der Waals surface area contributed by atoms with Gasteiger partial charge in [0.25, 0.3) is 0 Å². The number of allylic oxidation sites excluding steroid dienone is 1. The van der Waals surface area contributed by atoms with Gasteiger partial charge in [0.05, 0.1) is 19.0 Å². The van der Waals surface area contributed by atoms with Crippen molar-refractivity contribution in [3.8, 4) is 5.75 Å². The van der Waals surface area contributed by atoms with Crippen LogP contribution in [0.4, 0.5) is 4.39 Å². The highest BCUT2D eigenvalue weighted by Crippen LogP contribution is 2.32. The molecule has 1 atom stereocenters. The summed E-state index contributed by atoms with van der Waals surface area (Å²) in [6.07, 6.45) is 5.61. The second-order valence-electron chi connectivity index (χ2n) is 6.68. The molecule has 0 aliphatic heterocycles. The molecule has 1 fully saturated rings. The molecule has 1 N–H and O–H groups in total. The van der Waals surface area contributed by atoms with E-state index in [1.165, 1.54) is 23.6 Å². The van der Waals surface area contributed by atoms with Gasteiger partial charge in [0.2, 0.25) is 10.0 Å². The molecule has 0 bridgehead atoms. The molecule has 6 nitrogen and oxygen atoms in total. The number of methoxy groups -OCH3 is 1. The van der Waals surface area contributed by atoms with Gasteiger partial charge in [-0.3, -0.25) is 0 Å². The largest absolute Gasteiger partial charge is 0.490 e. The van der Waals surface area contributed by atoms with Crippen LogP contribution in [0.2, 0.25) is 0 Å². The van der Waals surface area contributed by atoms with Crippen LogP contribution in [0.3, 0.4) is 0 Å². The third-order valence-corrected chi connectivity index (χ3v) is 6.36. The molecule has 152 valence electrons. The van der Waals surface area contributed by atoms with Crippen molar-refractivity contribution >= 4 is 10.0 Å². The molecule has 1 aliphatic carbocycles. The van der Waals surface area contributed by atoms with Crippen LogP contribution in [0.5, 0.6) is 5.75 Å². The Hall–Kier alpha value is -1.48. The van der Waals surface area contributed by atoms with Crippen LogP contribution in [0.15, 0.2) is 30.4 Å². The molecule has 0 aromatic heterocycles. The van der Waals surface area contributed by atoms with Crippen molar-refractivity contribution in [3.05, 3.63) is 41.7 Å². The maximum absolute atomic E-state index is 14.0. The van der Waals surface area contributed by atoms with Gasteiger partial charge in [-0.1, -0.05) is 18.2 Å². The Kier molecular flexibility index (Phi) is 8.22. The van der Waals surface area contributed by atoms with Crippen LogP contribution in [0, 0.1) is 11.7 Å². The van der Waals surface area contributed by atoms with Crippen LogP contribution in [0.25, 0.3) is 0 Å². The summed E-state index contributed by atoms with van der Waals surface area (Å²) >= 11 is 0. The summed E-state index contributed by atoms with van der Waals surface area (Å²) in [5.74, 6) is 0.0697. The number of benzene rings is 1. The quantitative estimate of drug-likeness (QED) is 0.431. The van der Waals surface area contributed by atoms with E-state index in [0.717, 1.165) is 12.8 Å². The normalized spacial score (nSPS) is 16.2. The maximum Gasteiger partial charge on any atom is 0.216 e. The molecule has 0 radical (unpaired) electrons. The van der Waals surface area contributed by atoms with Gasteiger partial charge in [-0.15, -0.1) is 0 Å². The average Bonchev–Trinajstić information content (AvgIpc) is 3.46. The monoisotopic (exact) mass is 401 g/mol. The Labute approximate surface area is 160 Å². The molecule has 2 rings (SSSR count). The highest BCUT2D eigenvalue weighted by molar-refractivity contribution is 7.89.